The fraction of sp³-hybridized carbons (Fsp3) is 0.455. The van der Waals surface area contributed by atoms with Crippen molar-refractivity contribution in [3.8, 4) is 5.75 Å². The first-order valence-corrected chi connectivity index (χ1v) is 4.99. The number of hydrogen-bond donors (Lipinski definition) is 1. The lowest BCUT2D eigenvalue weighted by atomic mass is 10.1. The minimum absolute atomic E-state index is 0.0167. The average Bonchev–Trinajstić information content (AvgIpc) is 2.26. The Labute approximate surface area is 96.4 Å². The highest BCUT2D eigenvalue weighted by molar-refractivity contribution is 5.30. The molecule has 0 saturated carbocycles. The van der Waals surface area contributed by atoms with Crippen molar-refractivity contribution in [2.75, 3.05) is 7.11 Å². The molecule has 0 fully saturated rings. The van der Waals surface area contributed by atoms with Crippen molar-refractivity contribution >= 4 is 0 Å². The molecule has 0 aromatic heterocycles. The normalized spacial score (nSPS) is 13.5. The van der Waals surface area contributed by atoms with E-state index in [0.29, 0.717) is 5.56 Å². The first-order valence-electron chi connectivity index (χ1n) is 4.99. The van der Waals surface area contributed by atoms with Crippen LogP contribution in [0.1, 0.15) is 12.0 Å². The Morgan fingerprint density at radius 2 is 2.00 bits per heavy atom. The maximum absolute atomic E-state index is 13.0. The van der Waals surface area contributed by atoms with Gasteiger partial charge in [-0.1, -0.05) is 6.07 Å². The number of benzene rings is 1. The van der Waals surface area contributed by atoms with Crippen molar-refractivity contribution in [2.24, 2.45) is 5.73 Å². The number of halogens is 4. The van der Waals surface area contributed by atoms with E-state index in [-0.39, 0.29) is 18.6 Å². The molecule has 0 aliphatic carbocycles. The SMILES string of the molecule is COc1cc(CCC(N)C(F)(F)F)ccc1F. The Morgan fingerprint density at radius 1 is 1.35 bits per heavy atom. The molecule has 0 spiro atoms. The molecule has 1 rings (SSSR count). The van der Waals surface area contributed by atoms with Gasteiger partial charge in [-0.3, -0.25) is 0 Å². The van der Waals surface area contributed by atoms with Crippen LogP contribution in [-0.4, -0.2) is 19.3 Å². The summed E-state index contributed by atoms with van der Waals surface area (Å²) in [6, 6.07) is 2.09. The van der Waals surface area contributed by atoms with Crippen LogP contribution in [0.2, 0.25) is 0 Å². The maximum atomic E-state index is 13.0. The highest BCUT2D eigenvalue weighted by Gasteiger charge is 2.35. The largest absolute Gasteiger partial charge is 0.494 e. The third-order valence-corrected chi connectivity index (χ3v) is 2.38. The average molecular weight is 251 g/mol. The van der Waals surface area contributed by atoms with E-state index in [1.54, 1.807) is 0 Å². The summed E-state index contributed by atoms with van der Waals surface area (Å²) in [7, 11) is 1.30. The Balaban J connectivity index is 2.64. The molecule has 17 heavy (non-hydrogen) atoms. The molecule has 96 valence electrons. The van der Waals surface area contributed by atoms with Gasteiger partial charge in [-0.2, -0.15) is 13.2 Å². The van der Waals surface area contributed by atoms with Crippen LogP contribution in [0.5, 0.6) is 5.75 Å². The van der Waals surface area contributed by atoms with E-state index >= 15 is 0 Å². The van der Waals surface area contributed by atoms with Gasteiger partial charge in [0, 0.05) is 0 Å². The monoisotopic (exact) mass is 251 g/mol. The second-order valence-corrected chi connectivity index (χ2v) is 3.66. The van der Waals surface area contributed by atoms with Crippen LogP contribution < -0.4 is 10.5 Å². The highest BCUT2D eigenvalue weighted by atomic mass is 19.4. The minimum Gasteiger partial charge on any atom is -0.494 e. The molecule has 0 saturated heterocycles. The highest BCUT2D eigenvalue weighted by Crippen LogP contribution is 2.23. The Hall–Kier alpha value is -1.30. The van der Waals surface area contributed by atoms with Gasteiger partial charge in [0.05, 0.1) is 7.11 Å². The van der Waals surface area contributed by atoms with Gasteiger partial charge in [-0.15, -0.1) is 0 Å². The number of alkyl halides is 3. The summed E-state index contributed by atoms with van der Waals surface area (Å²) < 4.78 is 54.2. The number of nitrogens with two attached hydrogens (primary N) is 1. The Kier molecular flexibility index (Phi) is 4.34. The number of rotatable bonds is 4. The summed E-state index contributed by atoms with van der Waals surface area (Å²) in [6.07, 6.45) is -4.51. The quantitative estimate of drug-likeness (QED) is 0.835. The van der Waals surface area contributed by atoms with E-state index in [2.05, 4.69) is 0 Å². The molecule has 1 aromatic rings. The topological polar surface area (TPSA) is 35.2 Å². The lowest BCUT2D eigenvalue weighted by Crippen LogP contribution is -2.37. The molecule has 0 heterocycles. The van der Waals surface area contributed by atoms with Crippen LogP contribution in [0.4, 0.5) is 17.6 Å². The molecule has 0 bridgehead atoms. The van der Waals surface area contributed by atoms with Crippen LogP contribution in [0.3, 0.4) is 0 Å². The van der Waals surface area contributed by atoms with Crippen molar-refractivity contribution < 1.29 is 22.3 Å². The van der Waals surface area contributed by atoms with Crippen LogP contribution in [-0.2, 0) is 6.42 Å². The number of ether oxygens (including phenoxy) is 1. The molecular weight excluding hydrogens is 238 g/mol. The first kappa shape index (κ1) is 13.8. The number of methoxy groups -OCH3 is 1. The van der Waals surface area contributed by atoms with Gasteiger partial charge in [0.1, 0.15) is 6.04 Å². The lowest BCUT2D eigenvalue weighted by Gasteiger charge is -2.15. The van der Waals surface area contributed by atoms with E-state index in [4.69, 9.17) is 10.5 Å². The van der Waals surface area contributed by atoms with Crippen molar-refractivity contribution in [1.29, 1.82) is 0 Å². The second kappa shape index (κ2) is 5.35. The van der Waals surface area contributed by atoms with E-state index in [1.165, 1.54) is 19.2 Å². The zero-order valence-corrected chi connectivity index (χ0v) is 9.22. The van der Waals surface area contributed by atoms with Gasteiger partial charge in [-0.25, -0.2) is 4.39 Å². The van der Waals surface area contributed by atoms with E-state index in [1.807, 2.05) is 0 Å². The minimum atomic E-state index is -4.40. The molecule has 0 amide bonds. The van der Waals surface area contributed by atoms with Crippen LogP contribution in [0.25, 0.3) is 0 Å². The zero-order valence-electron chi connectivity index (χ0n) is 9.22. The van der Waals surface area contributed by atoms with Crippen LogP contribution in [0.15, 0.2) is 18.2 Å². The lowest BCUT2D eigenvalue weighted by molar-refractivity contribution is -0.148. The molecule has 0 aliphatic rings. The van der Waals surface area contributed by atoms with Crippen molar-refractivity contribution in [3.05, 3.63) is 29.6 Å². The smallest absolute Gasteiger partial charge is 0.403 e. The second-order valence-electron chi connectivity index (χ2n) is 3.66. The summed E-state index contributed by atoms with van der Waals surface area (Å²) >= 11 is 0. The predicted octanol–water partition coefficient (Wildman–Crippen LogP) is 2.66. The van der Waals surface area contributed by atoms with Crippen molar-refractivity contribution in [1.82, 2.24) is 0 Å². The van der Waals surface area contributed by atoms with Crippen molar-refractivity contribution in [3.63, 3.8) is 0 Å². The van der Waals surface area contributed by atoms with Gasteiger partial charge >= 0.3 is 6.18 Å². The molecule has 1 aromatic carbocycles. The van der Waals surface area contributed by atoms with Crippen LogP contribution in [0, 0.1) is 5.82 Å². The molecule has 1 atom stereocenters. The number of hydrogen-bond acceptors (Lipinski definition) is 2. The predicted molar refractivity (Wildman–Crippen MR) is 55.3 cm³/mol. The fourth-order valence-corrected chi connectivity index (χ4v) is 1.35. The van der Waals surface area contributed by atoms with Crippen LogP contribution >= 0.6 is 0 Å². The first-order chi connectivity index (χ1) is 7.84. The van der Waals surface area contributed by atoms with E-state index < -0.39 is 18.0 Å². The molecule has 0 radical (unpaired) electrons. The Bertz CT molecular complexity index is 378. The van der Waals surface area contributed by atoms with Gasteiger partial charge in [0.15, 0.2) is 11.6 Å². The molecule has 1 unspecified atom stereocenters. The third-order valence-electron chi connectivity index (χ3n) is 2.38. The molecule has 2 nitrogen and oxygen atoms in total. The molecule has 2 N–H and O–H groups in total. The maximum Gasteiger partial charge on any atom is 0.403 e. The molecule has 0 aliphatic heterocycles. The van der Waals surface area contributed by atoms with Gasteiger partial charge in [-0.05, 0) is 30.5 Å². The Morgan fingerprint density at radius 3 is 2.53 bits per heavy atom. The third kappa shape index (κ3) is 3.89. The molecule has 6 heteroatoms. The van der Waals surface area contributed by atoms with Gasteiger partial charge < -0.3 is 10.5 Å². The summed E-state index contributed by atoms with van der Waals surface area (Å²) in [5.41, 5.74) is 5.53. The van der Waals surface area contributed by atoms with Gasteiger partial charge in [0.2, 0.25) is 0 Å². The summed E-state index contributed by atoms with van der Waals surface area (Å²) in [5, 5.41) is 0. The zero-order chi connectivity index (χ0) is 13.1. The standard InChI is InChI=1S/C11H13F4NO/c1-17-9-6-7(2-4-8(9)12)3-5-10(16)11(13,14)15/h2,4,6,10H,3,5,16H2,1H3. The van der Waals surface area contributed by atoms with Crippen molar-refractivity contribution in [2.45, 2.75) is 25.1 Å². The van der Waals surface area contributed by atoms with Gasteiger partial charge in [0.25, 0.3) is 0 Å². The number of aryl methyl sites for hydroxylation is 1. The fourth-order valence-electron chi connectivity index (χ4n) is 1.35. The summed E-state index contributed by atoms with van der Waals surface area (Å²) in [6.45, 7) is 0. The summed E-state index contributed by atoms with van der Waals surface area (Å²) in [4.78, 5) is 0. The molecular formula is C11H13F4NO. The van der Waals surface area contributed by atoms with E-state index in [0.717, 1.165) is 6.07 Å². The van der Waals surface area contributed by atoms with E-state index in [9.17, 15) is 17.6 Å². The summed E-state index contributed by atoms with van der Waals surface area (Å²) in [5.74, 6) is -0.528.